The number of aliphatic hydroxyl groups is 4. The summed E-state index contributed by atoms with van der Waals surface area (Å²) in [6.07, 6.45) is -4.43. The minimum atomic E-state index is -4.67. The molecule has 0 aliphatic rings. The van der Waals surface area contributed by atoms with E-state index >= 15 is 0 Å². The van der Waals surface area contributed by atoms with E-state index < -0.39 is 41.4 Å². The highest BCUT2D eigenvalue weighted by Gasteiger charge is 2.28. The van der Waals surface area contributed by atoms with Crippen LogP contribution in [0.25, 0.3) is 0 Å². The number of hydrogen-bond donors (Lipinski definition) is 7. The quantitative estimate of drug-likeness (QED) is 0.191. The molecule has 17 heavy (non-hydrogen) atoms. The third-order valence-corrected chi connectivity index (χ3v) is 1.48. The zero-order chi connectivity index (χ0) is 14.2. The van der Waals surface area contributed by atoms with E-state index in [-0.39, 0.29) is 6.29 Å². The molecular formula is C6H15NO9S. The van der Waals surface area contributed by atoms with Crippen LogP contribution in [0.5, 0.6) is 0 Å². The van der Waals surface area contributed by atoms with Crippen LogP contribution < -0.4 is 5.73 Å². The molecule has 0 heterocycles. The standard InChI is InChI=1S/C6H13NO5.H2O4S/c7-3(1-8)5(11)6(12)4(10)2-9;1-5(2,3)4/h1,3-6,9-12H,2,7H2;(H2,1,2,3,4). The first-order valence-electron chi connectivity index (χ1n) is 4.10. The van der Waals surface area contributed by atoms with Gasteiger partial charge in [-0.15, -0.1) is 0 Å². The van der Waals surface area contributed by atoms with E-state index in [1.807, 2.05) is 0 Å². The molecule has 0 aromatic heterocycles. The van der Waals surface area contributed by atoms with Crippen molar-refractivity contribution in [3.05, 3.63) is 0 Å². The number of aliphatic hydroxyl groups excluding tert-OH is 4. The van der Waals surface area contributed by atoms with Gasteiger partial charge in [0.15, 0.2) is 0 Å². The molecule has 0 aromatic carbocycles. The predicted molar refractivity (Wildman–Crippen MR) is 53.3 cm³/mol. The molecular weight excluding hydrogens is 262 g/mol. The summed E-state index contributed by atoms with van der Waals surface area (Å²) in [7, 11) is -4.67. The lowest BCUT2D eigenvalue weighted by atomic mass is 10.0. The van der Waals surface area contributed by atoms with Crippen molar-refractivity contribution in [1.82, 2.24) is 0 Å². The van der Waals surface area contributed by atoms with Gasteiger partial charge < -0.3 is 31.0 Å². The Balaban J connectivity index is 0. The summed E-state index contributed by atoms with van der Waals surface area (Å²) in [5.41, 5.74) is 5.04. The van der Waals surface area contributed by atoms with Crippen molar-refractivity contribution in [2.75, 3.05) is 6.61 Å². The number of rotatable bonds is 5. The largest absolute Gasteiger partial charge is 0.394 e. The van der Waals surface area contributed by atoms with Gasteiger partial charge >= 0.3 is 10.4 Å². The second kappa shape index (κ2) is 8.43. The van der Waals surface area contributed by atoms with Crippen molar-refractivity contribution in [1.29, 1.82) is 0 Å². The topological polar surface area (TPSA) is 199 Å². The zero-order valence-electron chi connectivity index (χ0n) is 8.49. The second-order valence-electron chi connectivity index (χ2n) is 2.89. The molecule has 0 aromatic rings. The summed E-state index contributed by atoms with van der Waals surface area (Å²) in [4.78, 5) is 10.0. The van der Waals surface area contributed by atoms with Crippen LogP contribution in [-0.4, -0.2) is 75.2 Å². The molecule has 0 saturated carbocycles. The van der Waals surface area contributed by atoms with Crippen molar-refractivity contribution >= 4 is 16.7 Å². The molecule has 11 heteroatoms. The van der Waals surface area contributed by atoms with E-state index in [2.05, 4.69) is 0 Å². The summed E-state index contributed by atoms with van der Waals surface area (Å²) in [5, 5.41) is 35.2. The van der Waals surface area contributed by atoms with Gasteiger partial charge in [-0.1, -0.05) is 0 Å². The Hall–Kier alpha value is -0.660. The molecule has 0 aliphatic carbocycles. The number of carbonyl (C=O) groups is 1. The first-order valence-corrected chi connectivity index (χ1v) is 5.50. The predicted octanol–water partition coefficient (Wildman–Crippen LogP) is -4.07. The molecule has 0 radical (unpaired) electrons. The molecule has 0 saturated heterocycles. The monoisotopic (exact) mass is 277 g/mol. The molecule has 8 N–H and O–H groups in total. The van der Waals surface area contributed by atoms with Gasteiger partial charge in [-0.3, -0.25) is 9.11 Å². The highest BCUT2D eigenvalue weighted by Crippen LogP contribution is 2.01. The van der Waals surface area contributed by atoms with Crippen LogP contribution in [0.1, 0.15) is 0 Å². The Morgan fingerprint density at radius 1 is 1.12 bits per heavy atom. The Labute approximate surface area is 96.9 Å². The molecule has 104 valence electrons. The van der Waals surface area contributed by atoms with Crippen LogP contribution in [-0.2, 0) is 15.2 Å². The molecule has 10 nitrogen and oxygen atoms in total. The van der Waals surface area contributed by atoms with Crippen LogP contribution >= 0.6 is 0 Å². The Morgan fingerprint density at radius 3 is 1.71 bits per heavy atom. The molecule has 4 atom stereocenters. The summed E-state index contributed by atoms with van der Waals surface area (Å²) in [6.45, 7) is -0.705. The third kappa shape index (κ3) is 11.6. The van der Waals surface area contributed by atoms with Gasteiger partial charge in [0.1, 0.15) is 24.6 Å². The van der Waals surface area contributed by atoms with E-state index in [0.717, 1.165) is 0 Å². The van der Waals surface area contributed by atoms with Crippen LogP contribution in [0.15, 0.2) is 0 Å². The van der Waals surface area contributed by atoms with Gasteiger partial charge in [0.25, 0.3) is 0 Å². The summed E-state index contributed by atoms with van der Waals surface area (Å²) in [6, 6.07) is -1.26. The highest BCUT2D eigenvalue weighted by atomic mass is 32.3. The normalized spacial score (nSPS) is 18.3. The molecule has 0 amide bonds. The number of hydrogen-bond acceptors (Lipinski definition) is 8. The lowest BCUT2D eigenvalue weighted by Gasteiger charge is -2.23. The lowest BCUT2D eigenvalue weighted by molar-refractivity contribution is -0.118. The average molecular weight is 277 g/mol. The molecule has 0 fully saturated rings. The number of carbonyl (C=O) groups excluding carboxylic acids is 1. The molecule has 4 unspecified atom stereocenters. The van der Waals surface area contributed by atoms with Crippen LogP contribution in [0.3, 0.4) is 0 Å². The van der Waals surface area contributed by atoms with Gasteiger partial charge in [0.2, 0.25) is 0 Å². The smallest absolute Gasteiger partial charge is 0.394 e. The summed E-state index contributed by atoms with van der Waals surface area (Å²) < 4.78 is 31.6. The zero-order valence-corrected chi connectivity index (χ0v) is 9.30. The minimum absolute atomic E-state index is 0.248. The molecule has 0 aliphatic heterocycles. The molecule has 0 bridgehead atoms. The average Bonchev–Trinajstić information content (AvgIpc) is 2.22. The Bertz CT molecular complexity index is 297. The van der Waals surface area contributed by atoms with E-state index in [1.54, 1.807) is 0 Å². The highest BCUT2D eigenvalue weighted by molar-refractivity contribution is 7.79. The van der Waals surface area contributed by atoms with Crippen molar-refractivity contribution in [3.8, 4) is 0 Å². The first-order chi connectivity index (χ1) is 7.54. The van der Waals surface area contributed by atoms with Crippen LogP contribution in [0.4, 0.5) is 0 Å². The van der Waals surface area contributed by atoms with Gasteiger partial charge in [0.05, 0.1) is 12.6 Å². The maximum Gasteiger partial charge on any atom is 0.394 e. The van der Waals surface area contributed by atoms with E-state index in [9.17, 15) is 4.79 Å². The third-order valence-electron chi connectivity index (χ3n) is 1.48. The Kier molecular flexibility index (Phi) is 9.28. The van der Waals surface area contributed by atoms with Crippen molar-refractivity contribution < 1.29 is 42.7 Å². The Morgan fingerprint density at radius 2 is 1.47 bits per heavy atom. The second-order valence-corrected chi connectivity index (χ2v) is 3.79. The van der Waals surface area contributed by atoms with Gasteiger partial charge in [-0.05, 0) is 0 Å². The summed E-state index contributed by atoms with van der Waals surface area (Å²) >= 11 is 0. The molecule has 0 rings (SSSR count). The van der Waals surface area contributed by atoms with Gasteiger partial charge in [0, 0.05) is 0 Å². The van der Waals surface area contributed by atoms with E-state index in [4.69, 9.17) is 43.7 Å². The van der Waals surface area contributed by atoms with Crippen molar-refractivity contribution in [2.45, 2.75) is 24.4 Å². The summed E-state index contributed by atoms with van der Waals surface area (Å²) in [5.74, 6) is 0. The maximum atomic E-state index is 10.0. The number of aldehydes is 1. The van der Waals surface area contributed by atoms with Gasteiger partial charge in [-0.25, -0.2) is 0 Å². The SMILES string of the molecule is NC(C=O)C(O)C(O)C(O)CO.O=S(=O)(O)O. The molecule has 0 spiro atoms. The first kappa shape index (κ1) is 18.7. The van der Waals surface area contributed by atoms with Crippen molar-refractivity contribution in [2.24, 2.45) is 5.73 Å². The fraction of sp³-hybridized carbons (Fsp3) is 0.833. The van der Waals surface area contributed by atoms with Crippen LogP contribution in [0, 0.1) is 0 Å². The fourth-order valence-corrected chi connectivity index (χ4v) is 0.644. The van der Waals surface area contributed by atoms with E-state index in [1.165, 1.54) is 0 Å². The fourth-order valence-electron chi connectivity index (χ4n) is 0.644. The van der Waals surface area contributed by atoms with Crippen molar-refractivity contribution in [3.63, 3.8) is 0 Å². The number of nitrogens with two attached hydrogens (primary N) is 1. The maximum absolute atomic E-state index is 10.0. The minimum Gasteiger partial charge on any atom is -0.394 e. The van der Waals surface area contributed by atoms with Crippen LogP contribution in [0.2, 0.25) is 0 Å². The van der Waals surface area contributed by atoms with Gasteiger partial charge in [-0.2, -0.15) is 8.42 Å². The van der Waals surface area contributed by atoms with E-state index in [0.29, 0.717) is 0 Å². The lowest BCUT2D eigenvalue weighted by Crippen LogP contribution is -2.49.